The summed E-state index contributed by atoms with van der Waals surface area (Å²) in [6, 6.07) is 6.33. The Morgan fingerprint density at radius 3 is 2.75 bits per heavy atom. The van der Waals surface area contributed by atoms with E-state index in [9.17, 15) is 4.79 Å². The van der Waals surface area contributed by atoms with Gasteiger partial charge in [0.05, 0.1) is 5.69 Å². The fraction of sp³-hybridized carbons (Fsp3) is 0.375. The zero-order valence-corrected chi connectivity index (χ0v) is 13.1. The summed E-state index contributed by atoms with van der Waals surface area (Å²) in [5, 5.41) is 0.456. The van der Waals surface area contributed by atoms with E-state index in [1.54, 1.807) is 7.05 Å². The molecule has 1 heterocycles. The molecule has 0 saturated heterocycles. The highest BCUT2D eigenvalue weighted by Gasteiger charge is 2.35. The second kappa shape index (κ2) is 4.22. The van der Waals surface area contributed by atoms with Crippen molar-refractivity contribution in [1.82, 2.24) is 9.55 Å². The third-order valence-electron chi connectivity index (χ3n) is 4.09. The summed E-state index contributed by atoms with van der Waals surface area (Å²) in [6.07, 6.45) is 0.861. The zero-order valence-electron chi connectivity index (χ0n) is 12.2. The van der Waals surface area contributed by atoms with Gasteiger partial charge in [-0.2, -0.15) is 0 Å². The van der Waals surface area contributed by atoms with Crippen LogP contribution in [-0.2, 0) is 18.9 Å². The van der Waals surface area contributed by atoms with Gasteiger partial charge in [0, 0.05) is 23.6 Å². The van der Waals surface area contributed by atoms with Crippen molar-refractivity contribution in [2.24, 2.45) is 7.05 Å². The van der Waals surface area contributed by atoms with Crippen LogP contribution < -0.4 is 5.56 Å². The Balaban J connectivity index is 2.44. The number of hydrogen-bond donors (Lipinski definition) is 1. The number of aryl methyl sites for hydroxylation is 1. The highest BCUT2D eigenvalue weighted by atomic mass is 32.1. The minimum absolute atomic E-state index is 0.0104. The first-order valence-electron chi connectivity index (χ1n) is 6.71. The summed E-state index contributed by atoms with van der Waals surface area (Å²) in [4.78, 5) is 17.2. The highest BCUT2D eigenvalue weighted by molar-refractivity contribution is 7.80. The van der Waals surface area contributed by atoms with Gasteiger partial charge in [-0.15, -0.1) is 12.6 Å². The van der Waals surface area contributed by atoms with Gasteiger partial charge in [0.2, 0.25) is 0 Å². The molecule has 0 radical (unpaired) electrons. The van der Waals surface area contributed by atoms with Crippen LogP contribution in [0.3, 0.4) is 0 Å². The summed E-state index contributed by atoms with van der Waals surface area (Å²) in [6.45, 7) is 6.31. The number of rotatable bonds is 0. The lowest BCUT2D eigenvalue weighted by Gasteiger charge is -2.33. The predicted molar refractivity (Wildman–Crippen MR) is 83.6 cm³/mol. The van der Waals surface area contributed by atoms with Gasteiger partial charge in [0.15, 0.2) is 5.16 Å². The van der Waals surface area contributed by atoms with Gasteiger partial charge < -0.3 is 0 Å². The van der Waals surface area contributed by atoms with Gasteiger partial charge in [-0.3, -0.25) is 9.36 Å². The SMILES string of the molecule is Cc1ccc2c(c1)CC(C)(C)c1c-2nc(S)n(C)c1=O. The summed E-state index contributed by atoms with van der Waals surface area (Å²) in [5.41, 5.74) is 4.96. The van der Waals surface area contributed by atoms with Crippen molar-refractivity contribution in [3.8, 4) is 11.3 Å². The second-order valence-electron chi connectivity index (χ2n) is 6.22. The maximum atomic E-state index is 12.6. The lowest BCUT2D eigenvalue weighted by molar-refractivity contribution is 0.494. The monoisotopic (exact) mass is 286 g/mol. The molecule has 0 saturated carbocycles. The Morgan fingerprint density at radius 2 is 2.05 bits per heavy atom. The molecule has 0 bridgehead atoms. The van der Waals surface area contributed by atoms with Crippen LogP contribution in [0.2, 0.25) is 0 Å². The second-order valence-corrected chi connectivity index (χ2v) is 6.62. The number of aromatic nitrogens is 2. The number of thiol groups is 1. The molecule has 0 spiro atoms. The first-order chi connectivity index (χ1) is 9.31. The lowest BCUT2D eigenvalue weighted by Crippen LogP contribution is -2.37. The fourth-order valence-electron chi connectivity index (χ4n) is 3.06. The smallest absolute Gasteiger partial charge is 0.258 e. The molecule has 0 amide bonds. The van der Waals surface area contributed by atoms with E-state index in [0.717, 1.165) is 23.2 Å². The van der Waals surface area contributed by atoms with Crippen molar-refractivity contribution in [3.05, 3.63) is 45.2 Å². The quantitative estimate of drug-likeness (QED) is 0.597. The van der Waals surface area contributed by atoms with Crippen LogP contribution in [0.25, 0.3) is 11.3 Å². The first-order valence-corrected chi connectivity index (χ1v) is 7.16. The van der Waals surface area contributed by atoms with Crippen molar-refractivity contribution < 1.29 is 0 Å². The average molecular weight is 286 g/mol. The average Bonchev–Trinajstić information content (AvgIpc) is 2.34. The van der Waals surface area contributed by atoms with Crippen LogP contribution in [0.4, 0.5) is 0 Å². The Bertz CT molecular complexity index is 775. The van der Waals surface area contributed by atoms with E-state index in [1.807, 2.05) is 0 Å². The van der Waals surface area contributed by atoms with E-state index < -0.39 is 0 Å². The molecular formula is C16H18N2OS. The van der Waals surface area contributed by atoms with Crippen LogP contribution in [-0.4, -0.2) is 9.55 Å². The van der Waals surface area contributed by atoms with Gasteiger partial charge in [-0.05, 0) is 18.9 Å². The summed E-state index contributed by atoms with van der Waals surface area (Å²) in [7, 11) is 1.72. The molecule has 0 N–H and O–H groups in total. The summed E-state index contributed by atoms with van der Waals surface area (Å²) in [5.74, 6) is 0. The molecule has 3 rings (SSSR count). The molecule has 1 aliphatic carbocycles. The molecule has 0 unspecified atom stereocenters. The van der Waals surface area contributed by atoms with Crippen molar-refractivity contribution in [2.45, 2.75) is 37.8 Å². The van der Waals surface area contributed by atoms with Crippen molar-refractivity contribution in [1.29, 1.82) is 0 Å². The van der Waals surface area contributed by atoms with Gasteiger partial charge in [0.1, 0.15) is 0 Å². The maximum Gasteiger partial charge on any atom is 0.258 e. The van der Waals surface area contributed by atoms with Crippen LogP contribution >= 0.6 is 12.6 Å². The Kier molecular flexibility index (Phi) is 2.83. The molecule has 104 valence electrons. The van der Waals surface area contributed by atoms with E-state index >= 15 is 0 Å². The molecule has 0 atom stereocenters. The largest absolute Gasteiger partial charge is 0.291 e. The van der Waals surface area contributed by atoms with Gasteiger partial charge >= 0.3 is 0 Å². The third kappa shape index (κ3) is 1.82. The lowest BCUT2D eigenvalue weighted by atomic mass is 9.72. The Labute approximate surface area is 124 Å². The molecule has 1 aliphatic rings. The number of fused-ring (bicyclic) bond motifs is 3. The molecule has 2 aromatic rings. The van der Waals surface area contributed by atoms with Crippen LogP contribution in [0.1, 0.15) is 30.5 Å². The number of benzene rings is 1. The highest BCUT2D eigenvalue weighted by Crippen LogP contribution is 2.40. The molecule has 1 aromatic carbocycles. The van der Waals surface area contributed by atoms with Crippen molar-refractivity contribution in [2.75, 3.05) is 0 Å². The molecule has 0 fully saturated rings. The van der Waals surface area contributed by atoms with E-state index in [-0.39, 0.29) is 11.0 Å². The molecule has 20 heavy (non-hydrogen) atoms. The predicted octanol–water partition coefficient (Wildman–Crippen LogP) is 2.88. The molecular weight excluding hydrogens is 268 g/mol. The number of hydrogen-bond acceptors (Lipinski definition) is 3. The standard InChI is InChI=1S/C16H18N2OS/c1-9-5-6-11-10(7-9)8-16(2,3)12-13(11)17-15(20)18(4)14(12)19/h5-7H,8H2,1-4H3,(H,17,20). The van der Waals surface area contributed by atoms with E-state index in [2.05, 4.69) is 56.6 Å². The van der Waals surface area contributed by atoms with Gasteiger partial charge in [-0.1, -0.05) is 37.6 Å². The van der Waals surface area contributed by atoms with Gasteiger partial charge in [-0.25, -0.2) is 4.98 Å². The maximum absolute atomic E-state index is 12.6. The van der Waals surface area contributed by atoms with E-state index in [1.165, 1.54) is 15.7 Å². The van der Waals surface area contributed by atoms with Crippen LogP contribution in [0.5, 0.6) is 0 Å². The third-order valence-corrected chi connectivity index (χ3v) is 4.49. The minimum atomic E-state index is -0.209. The molecule has 0 aliphatic heterocycles. The summed E-state index contributed by atoms with van der Waals surface area (Å²) < 4.78 is 1.52. The first kappa shape index (κ1) is 13.4. The molecule has 4 heteroatoms. The van der Waals surface area contributed by atoms with Crippen molar-refractivity contribution in [3.63, 3.8) is 0 Å². The Morgan fingerprint density at radius 1 is 1.35 bits per heavy atom. The van der Waals surface area contributed by atoms with Gasteiger partial charge in [0.25, 0.3) is 5.56 Å². The zero-order chi connectivity index (χ0) is 14.7. The van der Waals surface area contributed by atoms with E-state index in [0.29, 0.717) is 5.16 Å². The topological polar surface area (TPSA) is 34.9 Å². The minimum Gasteiger partial charge on any atom is -0.291 e. The van der Waals surface area contributed by atoms with Crippen molar-refractivity contribution >= 4 is 12.6 Å². The van der Waals surface area contributed by atoms with Crippen LogP contribution in [0, 0.1) is 6.92 Å². The molecule has 3 nitrogen and oxygen atoms in total. The van der Waals surface area contributed by atoms with E-state index in [4.69, 9.17) is 0 Å². The number of nitrogens with zero attached hydrogens (tertiary/aromatic N) is 2. The fourth-order valence-corrected chi connectivity index (χ4v) is 3.25. The molecule has 1 aromatic heterocycles. The normalized spacial score (nSPS) is 15.7. The van der Waals surface area contributed by atoms with Crippen LogP contribution in [0.15, 0.2) is 28.2 Å². The summed E-state index contributed by atoms with van der Waals surface area (Å²) >= 11 is 4.32. The Hall–Kier alpha value is -1.55.